The Labute approximate surface area is 239 Å². The van der Waals surface area contributed by atoms with Crippen LogP contribution in [0.4, 0.5) is 9.18 Å². The van der Waals surface area contributed by atoms with Crippen LogP contribution in [0.15, 0.2) is 54.6 Å². The zero-order chi connectivity index (χ0) is 29.8. The Balaban J connectivity index is 1.60. The number of ether oxygens (including phenoxy) is 3. The van der Waals surface area contributed by atoms with Gasteiger partial charge in [-0.1, -0.05) is 0 Å². The molecule has 2 aromatic carbocycles. The lowest BCUT2D eigenvalue weighted by Crippen LogP contribution is -2.41. The van der Waals surface area contributed by atoms with Crippen molar-refractivity contribution in [2.45, 2.75) is 70.6 Å². The first kappa shape index (κ1) is 30.0. The van der Waals surface area contributed by atoms with E-state index in [1.165, 1.54) is 19.2 Å². The highest BCUT2D eigenvalue weighted by Crippen LogP contribution is 2.36. The van der Waals surface area contributed by atoms with Crippen molar-refractivity contribution in [3.8, 4) is 22.8 Å². The smallest absolute Gasteiger partial charge is 0.407 e. The van der Waals surface area contributed by atoms with Gasteiger partial charge in [-0.25, -0.2) is 14.2 Å². The lowest BCUT2D eigenvalue weighted by atomic mass is 9.87. The van der Waals surface area contributed by atoms with Gasteiger partial charge in [0.25, 0.3) is 0 Å². The number of nitrogens with one attached hydrogen (secondary N) is 1. The van der Waals surface area contributed by atoms with Gasteiger partial charge in [0.15, 0.2) is 17.3 Å². The van der Waals surface area contributed by atoms with Crippen molar-refractivity contribution in [3.63, 3.8) is 0 Å². The molecule has 1 unspecified atom stereocenters. The number of ketones is 1. The Morgan fingerprint density at radius 1 is 1.05 bits per heavy atom. The van der Waals surface area contributed by atoms with Crippen molar-refractivity contribution in [1.82, 2.24) is 10.3 Å². The molecule has 2 N–H and O–H groups in total. The Bertz CT molecular complexity index is 1400. The number of hydrogen-bond acceptors (Lipinski definition) is 7. The summed E-state index contributed by atoms with van der Waals surface area (Å²) in [5.74, 6) is 0.542. The quantitative estimate of drug-likeness (QED) is 0.249. The molecule has 4 rings (SSSR count). The highest BCUT2D eigenvalue weighted by molar-refractivity contribution is 5.96. The van der Waals surface area contributed by atoms with Crippen LogP contribution in [0.2, 0.25) is 0 Å². The molecule has 1 fully saturated rings. The van der Waals surface area contributed by atoms with Gasteiger partial charge in [0.1, 0.15) is 11.4 Å². The number of amides is 1. The molecule has 8 nitrogen and oxygen atoms in total. The number of carbonyl (C=O) groups is 2. The molecule has 9 heteroatoms. The van der Waals surface area contributed by atoms with Crippen LogP contribution < -0.4 is 14.8 Å². The summed E-state index contributed by atoms with van der Waals surface area (Å²) in [5.41, 5.74) is 0.136. The second kappa shape index (κ2) is 12.3. The Morgan fingerprint density at radius 3 is 2.39 bits per heavy atom. The molecule has 0 aliphatic heterocycles. The summed E-state index contributed by atoms with van der Waals surface area (Å²) < 4.78 is 30.0. The van der Waals surface area contributed by atoms with E-state index in [9.17, 15) is 19.1 Å². The van der Waals surface area contributed by atoms with Crippen molar-refractivity contribution in [2.24, 2.45) is 0 Å². The fourth-order valence-corrected chi connectivity index (χ4v) is 4.36. The maximum Gasteiger partial charge on any atom is 0.407 e. The predicted molar refractivity (Wildman–Crippen MR) is 153 cm³/mol. The molecule has 1 aromatic heterocycles. The van der Waals surface area contributed by atoms with Crippen LogP contribution in [0, 0.1) is 5.82 Å². The molecule has 0 saturated heterocycles. The number of rotatable bonds is 12. The number of benzene rings is 2. The van der Waals surface area contributed by atoms with E-state index < -0.39 is 17.2 Å². The topological polar surface area (TPSA) is 107 Å². The molecule has 1 atom stereocenters. The number of aliphatic hydroxyl groups is 1. The number of halogens is 1. The maximum absolute atomic E-state index is 13.6. The van der Waals surface area contributed by atoms with E-state index in [0.29, 0.717) is 39.6 Å². The SMILES string of the molecule is CCOC(=O)NC(C)(C)c1cc(-c2ccc(F)cc2)nc(C(C)(O)CCC(=O)c2ccc(OC3CC3)c(OC)c2)c1. The van der Waals surface area contributed by atoms with Crippen LogP contribution in [0.25, 0.3) is 11.3 Å². The number of methoxy groups -OCH3 is 1. The third-order valence-electron chi connectivity index (χ3n) is 7.07. The number of Topliss-reactive ketones (excluding diaryl/α,β-unsaturated/α-hetero) is 1. The van der Waals surface area contributed by atoms with Crippen molar-refractivity contribution < 1.29 is 33.3 Å². The van der Waals surface area contributed by atoms with Crippen LogP contribution >= 0.6 is 0 Å². The molecule has 218 valence electrons. The standard InChI is InChI=1S/C32H37FN2O6/c1-6-40-30(37)35-31(2,3)22-18-25(20-7-10-23(33)11-8-20)34-29(19-22)32(4,38)16-15-26(36)21-9-14-27(28(17-21)39-5)41-24-12-13-24/h7-11,14,17-19,24,38H,6,12-13,15-16H2,1-5H3,(H,35,37). The number of pyridine rings is 1. The molecule has 1 saturated carbocycles. The summed E-state index contributed by atoms with van der Waals surface area (Å²) in [7, 11) is 1.53. The fraction of sp³-hybridized carbons (Fsp3) is 0.406. The van der Waals surface area contributed by atoms with Gasteiger partial charge in [0.05, 0.1) is 36.7 Å². The van der Waals surface area contributed by atoms with Gasteiger partial charge < -0.3 is 24.6 Å². The average molecular weight is 565 g/mol. The van der Waals surface area contributed by atoms with Gasteiger partial charge in [-0.2, -0.15) is 0 Å². The van der Waals surface area contributed by atoms with E-state index >= 15 is 0 Å². The summed E-state index contributed by atoms with van der Waals surface area (Å²) >= 11 is 0. The fourth-order valence-electron chi connectivity index (χ4n) is 4.36. The third kappa shape index (κ3) is 7.61. The van der Waals surface area contributed by atoms with E-state index in [4.69, 9.17) is 19.2 Å². The maximum atomic E-state index is 13.6. The molecule has 1 aliphatic carbocycles. The van der Waals surface area contributed by atoms with Gasteiger partial charge in [-0.3, -0.25) is 4.79 Å². The highest BCUT2D eigenvalue weighted by Gasteiger charge is 2.31. The lowest BCUT2D eigenvalue weighted by molar-refractivity contribution is 0.0396. The summed E-state index contributed by atoms with van der Waals surface area (Å²) in [6, 6.07) is 14.4. The largest absolute Gasteiger partial charge is 0.493 e. The predicted octanol–water partition coefficient (Wildman–Crippen LogP) is 6.29. The minimum absolute atomic E-state index is 0.0429. The first-order chi connectivity index (χ1) is 19.4. The van der Waals surface area contributed by atoms with E-state index in [2.05, 4.69) is 5.32 Å². The van der Waals surface area contributed by atoms with Crippen molar-refractivity contribution in [1.29, 1.82) is 0 Å². The van der Waals surface area contributed by atoms with Crippen molar-refractivity contribution in [2.75, 3.05) is 13.7 Å². The molecular formula is C32H37FN2O6. The van der Waals surface area contributed by atoms with E-state index in [1.54, 1.807) is 70.2 Å². The van der Waals surface area contributed by atoms with Gasteiger partial charge in [-0.15, -0.1) is 0 Å². The Hall–Kier alpha value is -3.98. The molecule has 41 heavy (non-hydrogen) atoms. The summed E-state index contributed by atoms with van der Waals surface area (Å²) in [6.07, 6.45) is 1.75. The van der Waals surface area contributed by atoms with E-state index in [1.807, 2.05) is 0 Å². The number of alkyl carbamates (subject to hydrolysis) is 1. The molecule has 0 radical (unpaired) electrons. The van der Waals surface area contributed by atoms with Crippen molar-refractivity contribution >= 4 is 11.9 Å². The lowest BCUT2D eigenvalue weighted by Gasteiger charge is -2.30. The highest BCUT2D eigenvalue weighted by atomic mass is 19.1. The summed E-state index contributed by atoms with van der Waals surface area (Å²) in [4.78, 5) is 30.1. The van der Waals surface area contributed by atoms with Gasteiger partial charge in [-0.05, 0) is 107 Å². The normalized spacial score (nSPS) is 14.6. The van der Waals surface area contributed by atoms with Crippen molar-refractivity contribution in [3.05, 3.63) is 77.2 Å². The second-order valence-corrected chi connectivity index (χ2v) is 11.0. The van der Waals surface area contributed by atoms with Crippen LogP contribution in [0.5, 0.6) is 11.5 Å². The summed E-state index contributed by atoms with van der Waals surface area (Å²) in [6.45, 7) is 7.14. The molecule has 1 aliphatic rings. The second-order valence-electron chi connectivity index (χ2n) is 11.0. The molecule has 1 heterocycles. The Kier molecular flexibility index (Phi) is 8.97. The number of hydrogen-bond donors (Lipinski definition) is 2. The minimum atomic E-state index is -1.50. The molecule has 0 spiro atoms. The van der Waals surface area contributed by atoms with Gasteiger partial charge >= 0.3 is 6.09 Å². The number of carbonyl (C=O) groups excluding carboxylic acids is 2. The van der Waals surface area contributed by atoms with Crippen LogP contribution in [-0.4, -0.2) is 41.8 Å². The monoisotopic (exact) mass is 564 g/mol. The zero-order valence-electron chi connectivity index (χ0n) is 24.1. The molecular weight excluding hydrogens is 527 g/mol. The Morgan fingerprint density at radius 2 is 1.76 bits per heavy atom. The van der Waals surface area contributed by atoms with Crippen LogP contribution in [-0.2, 0) is 15.9 Å². The van der Waals surface area contributed by atoms with E-state index in [-0.39, 0.29) is 37.2 Å². The van der Waals surface area contributed by atoms with Crippen LogP contribution in [0.3, 0.4) is 0 Å². The first-order valence-corrected chi connectivity index (χ1v) is 13.8. The number of nitrogens with zero attached hydrogens (tertiary/aromatic N) is 1. The average Bonchev–Trinajstić information content (AvgIpc) is 3.76. The minimum Gasteiger partial charge on any atom is -0.493 e. The van der Waals surface area contributed by atoms with E-state index in [0.717, 1.165) is 12.8 Å². The van der Waals surface area contributed by atoms with Crippen LogP contribution in [0.1, 0.15) is 75.0 Å². The number of aromatic nitrogens is 1. The van der Waals surface area contributed by atoms with Gasteiger partial charge in [0, 0.05) is 17.5 Å². The molecule has 1 amide bonds. The van der Waals surface area contributed by atoms with Gasteiger partial charge in [0.2, 0.25) is 0 Å². The first-order valence-electron chi connectivity index (χ1n) is 13.8. The molecule has 3 aromatic rings. The molecule has 0 bridgehead atoms. The zero-order valence-corrected chi connectivity index (χ0v) is 24.1. The summed E-state index contributed by atoms with van der Waals surface area (Å²) in [5, 5.41) is 14.4. The third-order valence-corrected chi connectivity index (χ3v) is 7.07.